The molecule has 0 atom stereocenters. The van der Waals surface area contributed by atoms with Crippen LogP contribution in [-0.2, 0) is 13.6 Å². The summed E-state index contributed by atoms with van der Waals surface area (Å²) < 4.78 is 44.0. The number of anilines is 1. The molecule has 9 heteroatoms. The zero-order chi connectivity index (χ0) is 20.9. The number of nitrogens with zero attached hydrogens (tertiary/aromatic N) is 3. The molecule has 1 aromatic heterocycles. The molecule has 3 aromatic rings. The molecule has 0 saturated heterocycles. The second-order valence-electron chi connectivity index (χ2n) is 6.69. The predicted molar refractivity (Wildman–Crippen MR) is 105 cm³/mol. The summed E-state index contributed by atoms with van der Waals surface area (Å²) in [4.78, 5) is 14.4. The Hall–Kier alpha value is -2.81. The Kier molecular flexibility index (Phi) is 4.65. The number of ether oxygens (including phenoxy) is 1. The first-order chi connectivity index (χ1) is 13.6. The number of aryl methyl sites for hydroxylation is 1. The molecule has 2 aromatic carbocycles. The van der Waals surface area contributed by atoms with Gasteiger partial charge in [-0.15, -0.1) is 13.2 Å². The van der Waals surface area contributed by atoms with Gasteiger partial charge in [0, 0.05) is 28.2 Å². The van der Waals surface area contributed by atoms with Crippen molar-refractivity contribution < 1.29 is 22.7 Å². The Morgan fingerprint density at radius 3 is 2.48 bits per heavy atom. The van der Waals surface area contributed by atoms with Crippen molar-refractivity contribution in [2.75, 3.05) is 4.90 Å². The molecule has 29 heavy (non-hydrogen) atoms. The van der Waals surface area contributed by atoms with Crippen LogP contribution in [0.1, 0.15) is 21.5 Å². The maximum Gasteiger partial charge on any atom is 0.573 e. The lowest BCUT2D eigenvalue weighted by Gasteiger charge is -2.17. The fourth-order valence-corrected chi connectivity index (χ4v) is 3.81. The van der Waals surface area contributed by atoms with E-state index >= 15 is 0 Å². The largest absolute Gasteiger partial charge is 0.573 e. The van der Waals surface area contributed by atoms with Crippen LogP contribution in [0, 0.1) is 6.92 Å². The van der Waals surface area contributed by atoms with E-state index in [9.17, 15) is 18.0 Å². The minimum absolute atomic E-state index is 0.142. The molecule has 0 bridgehead atoms. The van der Waals surface area contributed by atoms with Gasteiger partial charge < -0.3 is 4.74 Å². The maximum atomic E-state index is 12.9. The van der Waals surface area contributed by atoms with Crippen molar-refractivity contribution in [2.45, 2.75) is 19.8 Å². The van der Waals surface area contributed by atoms with Crippen LogP contribution in [-0.4, -0.2) is 22.1 Å². The monoisotopic (exact) mass is 465 g/mol. The first kappa shape index (κ1) is 19.5. The van der Waals surface area contributed by atoms with Gasteiger partial charge in [0.05, 0.1) is 12.2 Å². The third kappa shape index (κ3) is 3.62. The van der Waals surface area contributed by atoms with Crippen molar-refractivity contribution >= 4 is 27.7 Å². The van der Waals surface area contributed by atoms with Crippen LogP contribution in [0.4, 0.5) is 19.0 Å². The first-order valence-corrected chi connectivity index (χ1v) is 9.43. The molecule has 0 radical (unpaired) electrons. The van der Waals surface area contributed by atoms with E-state index in [0.717, 1.165) is 27.4 Å². The molecule has 1 aliphatic rings. The quantitative estimate of drug-likeness (QED) is 0.532. The third-order valence-electron chi connectivity index (χ3n) is 4.73. The van der Waals surface area contributed by atoms with E-state index in [-0.39, 0.29) is 18.2 Å². The number of hydrogen-bond acceptors (Lipinski definition) is 3. The van der Waals surface area contributed by atoms with E-state index < -0.39 is 6.36 Å². The zero-order valence-corrected chi connectivity index (χ0v) is 17.0. The van der Waals surface area contributed by atoms with Crippen molar-refractivity contribution in [1.29, 1.82) is 0 Å². The summed E-state index contributed by atoms with van der Waals surface area (Å²) in [5.41, 5.74) is 3.27. The molecular weight excluding hydrogens is 451 g/mol. The minimum atomic E-state index is -4.78. The van der Waals surface area contributed by atoms with Crippen molar-refractivity contribution in [3.05, 3.63) is 63.6 Å². The number of hydrogen-bond donors (Lipinski definition) is 0. The standard InChI is InChI=1S/C20H15BrF3N3O2/c1-11-17(12-3-5-14(21)6-4-12)25-26(2)18(11)27-10-13-9-15(29-20(22,23)24)7-8-16(13)19(27)28/h3-9H,10H2,1-2H3. The van der Waals surface area contributed by atoms with Crippen molar-refractivity contribution in [3.8, 4) is 17.0 Å². The van der Waals surface area contributed by atoms with Gasteiger partial charge in [0.1, 0.15) is 11.6 Å². The normalized spacial score (nSPS) is 13.7. The minimum Gasteiger partial charge on any atom is -0.406 e. The molecule has 0 spiro atoms. The lowest BCUT2D eigenvalue weighted by Crippen LogP contribution is -2.26. The van der Waals surface area contributed by atoms with Crippen molar-refractivity contribution in [3.63, 3.8) is 0 Å². The highest BCUT2D eigenvalue weighted by Crippen LogP contribution is 2.36. The van der Waals surface area contributed by atoms with Gasteiger partial charge in [-0.3, -0.25) is 14.4 Å². The number of alkyl halides is 3. The summed E-state index contributed by atoms with van der Waals surface area (Å²) >= 11 is 3.40. The van der Waals surface area contributed by atoms with Gasteiger partial charge >= 0.3 is 6.36 Å². The number of carbonyl (C=O) groups excluding carboxylic acids is 1. The SMILES string of the molecule is Cc1c(-c2ccc(Br)cc2)nn(C)c1N1Cc2cc(OC(F)(F)F)ccc2C1=O. The molecule has 0 unspecified atom stereocenters. The smallest absolute Gasteiger partial charge is 0.406 e. The zero-order valence-electron chi connectivity index (χ0n) is 15.4. The van der Waals surface area contributed by atoms with Crippen LogP contribution in [0.25, 0.3) is 11.3 Å². The Labute approximate surface area is 172 Å². The number of carbonyl (C=O) groups is 1. The van der Waals surface area contributed by atoms with Crippen LogP contribution in [0.15, 0.2) is 46.9 Å². The molecular formula is C20H15BrF3N3O2. The molecule has 1 amide bonds. The van der Waals surface area contributed by atoms with Gasteiger partial charge in [-0.05, 0) is 42.8 Å². The van der Waals surface area contributed by atoms with Crippen LogP contribution in [0.2, 0.25) is 0 Å². The summed E-state index contributed by atoms with van der Waals surface area (Å²) in [7, 11) is 1.74. The highest BCUT2D eigenvalue weighted by atomic mass is 79.9. The Bertz CT molecular complexity index is 1110. The van der Waals surface area contributed by atoms with Crippen LogP contribution >= 0.6 is 15.9 Å². The van der Waals surface area contributed by atoms with Gasteiger partial charge in [0.2, 0.25) is 0 Å². The van der Waals surface area contributed by atoms with Gasteiger partial charge in [-0.25, -0.2) is 0 Å². The Morgan fingerprint density at radius 2 is 1.83 bits per heavy atom. The number of halogens is 4. The first-order valence-electron chi connectivity index (χ1n) is 8.64. The van der Waals surface area contributed by atoms with E-state index in [2.05, 4.69) is 25.8 Å². The number of rotatable bonds is 3. The summed E-state index contributed by atoms with van der Waals surface area (Å²) in [6.45, 7) is 2.01. The fraction of sp³-hybridized carbons (Fsp3) is 0.200. The van der Waals surface area contributed by atoms with E-state index in [1.807, 2.05) is 31.2 Å². The molecule has 4 rings (SSSR count). The molecule has 0 aliphatic carbocycles. The molecule has 0 fully saturated rings. The summed E-state index contributed by atoms with van der Waals surface area (Å²) in [6.07, 6.45) is -4.78. The van der Waals surface area contributed by atoms with Gasteiger partial charge in [-0.1, -0.05) is 28.1 Å². The predicted octanol–water partition coefficient (Wildman–Crippen LogP) is 5.22. The molecule has 2 heterocycles. The van der Waals surface area contributed by atoms with E-state index in [0.29, 0.717) is 16.9 Å². The summed E-state index contributed by atoms with van der Waals surface area (Å²) in [5.74, 6) is -0.0300. The average Bonchev–Trinajstić information content (AvgIpc) is 3.10. The molecule has 0 saturated carbocycles. The highest BCUT2D eigenvalue weighted by molar-refractivity contribution is 9.10. The molecule has 5 nitrogen and oxygen atoms in total. The van der Waals surface area contributed by atoms with Gasteiger partial charge in [-0.2, -0.15) is 5.10 Å². The molecule has 150 valence electrons. The second-order valence-corrected chi connectivity index (χ2v) is 7.60. The Balaban J connectivity index is 1.69. The van der Waals surface area contributed by atoms with Crippen LogP contribution < -0.4 is 9.64 Å². The molecule has 0 N–H and O–H groups in total. The fourth-order valence-electron chi connectivity index (χ4n) is 3.55. The van der Waals surface area contributed by atoms with Crippen molar-refractivity contribution in [2.24, 2.45) is 7.05 Å². The number of aromatic nitrogens is 2. The average molecular weight is 466 g/mol. The number of amides is 1. The summed E-state index contributed by atoms with van der Waals surface area (Å²) in [5, 5.41) is 4.55. The van der Waals surface area contributed by atoms with E-state index in [4.69, 9.17) is 0 Å². The number of fused-ring (bicyclic) bond motifs is 1. The Morgan fingerprint density at radius 1 is 1.14 bits per heavy atom. The van der Waals surface area contributed by atoms with E-state index in [1.54, 1.807) is 11.7 Å². The lowest BCUT2D eigenvalue weighted by molar-refractivity contribution is -0.274. The third-order valence-corrected chi connectivity index (χ3v) is 5.26. The van der Waals surface area contributed by atoms with Gasteiger partial charge in [0.15, 0.2) is 0 Å². The lowest BCUT2D eigenvalue weighted by atomic mass is 10.1. The van der Waals surface area contributed by atoms with Crippen molar-refractivity contribution in [1.82, 2.24) is 9.78 Å². The highest BCUT2D eigenvalue weighted by Gasteiger charge is 2.35. The van der Waals surface area contributed by atoms with Gasteiger partial charge in [0.25, 0.3) is 5.91 Å². The number of benzene rings is 2. The second kappa shape index (κ2) is 6.91. The van der Waals surface area contributed by atoms with Crippen LogP contribution in [0.5, 0.6) is 5.75 Å². The maximum absolute atomic E-state index is 12.9. The van der Waals surface area contributed by atoms with E-state index in [1.165, 1.54) is 17.0 Å². The topological polar surface area (TPSA) is 47.4 Å². The summed E-state index contributed by atoms with van der Waals surface area (Å²) in [6, 6.07) is 11.4. The molecule has 1 aliphatic heterocycles. The van der Waals surface area contributed by atoms with Crippen LogP contribution in [0.3, 0.4) is 0 Å².